The van der Waals surface area contributed by atoms with Crippen LogP contribution in [0.3, 0.4) is 0 Å². The molecule has 5 aromatic rings. The van der Waals surface area contributed by atoms with Gasteiger partial charge in [-0.2, -0.15) is 0 Å². The summed E-state index contributed by atoms with van der Waals surface area (Å²) >= 11 is 0. The van der Waals surface area contributed by atoms with E-state index in [4.69, 9.17) is 0 Å². The van der Waals surface area contributed by atoms with E-state index < -0.39 is 0 Å². The first-order chi connectivity index (χ1) is 12.4. The van der Waals surface area contributed by atoms with Crippen molar-refractivity contribution in [1.82, 2.24) is 4.98 Å². The van der Waals surface area contributed by atoms with Crippen LogP contribution in [0, 0.1) is 0 Å². The van der Waals surface area contributed by atoms with E-state index in [2.05, 4.69) is 71.7 Å². The van der Waals surface area contributed by atoms with Crippen molar-refractivity contribution in [3.63, 3.8) is 0 Å². The van der Waals surface area contributed by atoms with Crippen molar-refractivity contribution in [2.24, 2.45) is 0 Å². The summed E-state index contributed by atoms with van der Waals surface area (Å²) in [5.74, 6) is 0. The van der Waals surface area contributed by atoms with Crippen molar-refractivity contribution in [2.45, 2.75) is 25.7 Å². The number of rotatable bonds is 5. The molecule has 0 atom stereocenters. The smallest absolute Gasteiger partial charge is 0.0147 e. The lowest BCUT2D eigenvalue weighted by atomic mass is 9.90. The second kappa shape index (κ2) is 5.93. The number of benzene rings is 4. The van der Waals surface area contributed by atoms with Crippen LogP contribution in [0.15, 0.2) is 72.9 Å². The van der Waals surface area contributed by atoms with Crippen molar-refractivity contribution in [3.05, 3.63) is 84.2 Å². The number of aryl methyl sites for hydroxylation is 2. The average Bonchev–Trinajstić information content (AvgIpc) is 3.17. The summed E-state index contributed by atoms with van der Waals surface area (Å²) in [7, 11) is 0. The molecule has 0 unspecified atom stereocenters. The molecule has 122 valence electrons. The van der Waals surface area contributed by atoms with Gasteiger partial charge in [-0.3, -0.25) is 0 Å². The molecular formula is C24H21N. The third-order valence-corrected chi connectivity index (χ3v) is 5.42. The maximum Gasteiger partial charge on any atom is 0.0147 e. The third-order valence-electron chi connectivity index (χ3n) is 5.42. The number of H-pyrrole nitrogens is 1. The molecule has 4 aromatic carbocycles. The van der Waals surface area contributed by atoms with Gasteiger partial charge in [0.2, 0.25) is 0 Å². The number of aromatic nitrogens is 1. The molecule has 0 saturated carbocycles. The van der Waals surface area contributed by atoms with Crippen LogP contribution in [0.25, 0.3) is 32.3 Å². The van der Waals surface area contributed by atoms with E-state index in [9.17, 15) is 0 Å². The van der Waals surface area contributed by atoms with Gasteiger partial charge in [0.25, 0.3) is 0 Å². The maximum atomic E-state index is 3.30. The topological polar surface area (TPSA) is 15.8 Å². The zero-order chi connectivity index (χ0) is 16.6. The lowest BCUT2D eigenvalue weighted by Crippen LogP contribution is -1.92. The van der Waals surface area contributed by atoms with Gasteiger partial charge >= 0.3 is 0 Å². The van der Waals surface area contributed by atoms with E-state index in [1.807, 2.05) is 6.20 Å². The summed E-state index contributed by atoms with van der Waals surface area (Å²) in [4.78, 5) is 3.30. The Bertz CT molecular complexity index is 1120. The molecule has 0 amide bonds. The van der Waals surface area contributed by atoms with Gasteiger partial charge in [0.15, 0.2) is 0 Å². The fourth-order valence-corrected chi connectivity index (χ4v) is 4.17. The van der Waals surface area contributed by atoms with Crippen LogP contribution in [-0.4, -0.2) is 4.98 Å². The van der Waals surface area contributed by atoms with E-state index in [0.29, 0.717) is 0 Å². The van der Waals surface area contributed by atoms with Crippen LogP contribution < -0.4 is 0 Å². The number of nitrogens with one attached hydrogen (secondary N) is 1. The van der Waals surface area contributed by atoms with Crippen LogP contribution in [-0.2, 0) is 12.8 Å². The van der Waals surface area contributed by atoms with Gasteiger partial charge in [-0.1, -0.05) is 54.6 Å². The highest BCUT2D eigenvalue weighted by atomic mass is 14.7. The first kappa shape index (κ1) is 14.5. The van der Waals surface area contributed by atoms with E-state index in [1.54, 1.807) is 0 Å². The van der Waals surface area contributed by atoms with Gasteiger partial charge in [-0.15, -0.1) is 0 Å². The predicted octanol–water partition coefficient (Wildman–Crippen LogP) is 6.48. The maximum absolute atomic E-state index is 3.30. The van der Waals surface area contributed by atoms with Crippen molar-refractivity contribution in [2.75, 3.05) is 0 Å². The summed E-state index contributed by atoms with van der Waals surface area (Å²) in [6.45, 7) is 0. The Labute approximate surface area is 147 Å². The Kier molecular flexibility index (Phi) is 3.45. The Morgan fingerprint density at radius 2 is 1.32 bits per heavy atom. The van der Waals surface area contributed by atoms with E-state index in [-0.39, 0.29) is 0 Å². The molecule has 1 heteroatoms. The number of hydrogen-bond acceptors (Lipinski definition) is 0. The molecule has 1 N–H and O–H groups in total. The van der Waals surface area contributed by atoms with E-state index in [0.717, 1.165) is 12.8 Å². The summed E-state index contributed by atoms with van der Waals surface area (Å²) in [6.07, 6.45) is 6.75. The molecule has 0 aliphatic carbocycles. The minimum absolute atomic E-state index is 1.14. The van der Waals surface area contributed by atoms with Crippen LogP contribution >= 0.6 is 0 Å². The highest BCUT2D eigenvalue weighted by Crippen LogP contribution is 2.36. The third kappa shape index (κ3) is 2.47. The second-order valence-electron chi connectivity index (χ2n) is 6.98. The van der Waals surface area contributed by atoms with Gasteiger partial charge in [-0.25, -0.2) is 0 Å². The molecule has 0 radical (unpaired) electrons. The molecule has 0 saturated heterocycles. The summed E-state index contributed by atoms with van der Waals surface area (Å²) in [5, 5.41) is 8.35. The van der Waals surface area contributed by atoms with Crippen molar-refractivity contribution in [3.8, 4) is 0 Å². The van der Waals surface area contributed by atoms with Crippen LogP contribution in [0.4, 0.5) is 0 Å². The molecule has 5 rings (SSSR count). The molecule has 0 bridgehead atoms. The van der Waals surface area contributed by atoms with Crippen LogP contribution in [0.2, 0.25) is 0 Å². The normalized spacial score (nSPS) is 11.8. The lowest BCUT2D eigenvalue weighted by Gasteiger charge is -2.13. The Hall–Kier alpha value is -2.80. The van der Waals surface area contributed by atoms with Crippen molar-refractivity contribution >= 4 is 32.3 Å². The molecule has 0 fully saturated rings. The van der Waals surface area contributed by atoms with E-state index in [1.165, 1.54) is 56.4 Å². The summed E-state index contributed by atoms with van der Waals surface area (Å²) in [5.41, 5.74) is 2.83. The molecule has 1 heterocycles. The number of aromatic amines is 1. The molecule has 1 aromatic heterocycles. The van der Waals surface area contributed by atoms with Crippen molar-refractivity contribution < 1.29 is 0 Å². The van der Waals surface area contributed by atoms with E-state index >= 15 is 0 Å². The number of hydrogen-bond donors (Lipinski definition) is 1. The minimum Gasteiger partial charge on any atom is -0.365 e. The first-order valence-corrected chi connectivity index (χ1v) is 9.18. The zero-order valence-corrected chi connectivity index (χ0v) is 14.3. The quantitative estimate of drug-likeness (QED) is 0.281. The first-order valence-electron chi connectivity index (χ1n) is 9.18. The van der Waals surface area contributed by atoms with Crippen LogP contribution in [0.5, 0.6) is 0 Å². The van der Waals surface area contributed by atoms with Gasteiger partial charge < -0.3 is 4.98 Å². The van der Waals surface area contributed by atoms with Crippen LogP contribution in [0.1, 0.15) is 24.1 Å². The summed E-state index contributed by atoms with van der Waals surface area (Å²) in [6, 6.07) is 24.6. The fourth-order valence-electron chi connectivity index (χ4n) is 4.17. The predicted molar refractivity (Wildman–Crippen MR) is 108 cm³/mol. The Morgan fingerprint density at radius 1 is 0.600 bits per heavy atom. The second-order valence-corrected chi connectivity index (χ2v) is 6.98. The monoisotopic (exact) mass is 323 g/mol. The van der Waals surface area contributed by atoms with Gasteiger partial charge in [-0.05, 0) is 75.7 Å². The highest BCUT2D eigenvalue weighted by molar-refractivity contribution is 6.23. The fraction of sp³-hybridized carbons (Fsp3) is 0.167. The largest absolute Gasteiger partial charge is 0.365 e. The molecule has 0 aliphatic heterocycles. The minimum atomic E-state index is 1.14. The average molecular weight is 323 g/mol. The molecule has 25 heavy (non-hydrogen) atoms. The van der Waals surface area contributed by atoms with Gasteiger partial charge in [0.05, 0.1) is 0 Å². The molecule has 0 aliphatic rings. The SMILES string of the molecule is c1c[nH]c(CCCCc2ccc3ccc4cccc5ccc2c3c45)c1. The zero-order valence-electron chi connectivity index (χ0n) is 14.3. The number of unbranched alkanes of at least 4 members (excludes halogenated alkanes) is 1. The molecule has 0 spiro atoms. The standard InChI is InChI=1S/C24H21N/c1(2-8-21-9-4-16-25-21)5-17-10-11-20-13-12-18-6-3-7-19-14-15-22(17)24(20)23(18)19/h3-4,6-7,9-16,25H,1-2,5,8H2. The van der Waals surface area contributed by atoms with Gasteiger partial charge in [0, 0.05) is 11.9 Å². The summed E-state index contributed by atoms with van der Waals surface area (Å²) < 4.78 is 0. The van der Waals surface area contributed by atoms with Crippen molar-refractivity contribution in [1.29, 1.82) is 0 Å². The Morgan fingerprint density at radius 3 is 2.12 bits per heavy atom. The van der Waals surface area contributed by atoms with Gasteiger partial charge in [0.1, 0.15) is 0 Å². The Balaban J connectivity index is 1.50. The lowest BCUT2D eigenvalue weighted by molar-refractivity contribution is 0.728. The molecular weight excluding hydrogens is 302 g/mol. The molecule has 1 nitrogen and oxygen atoms in total. The highest BCUT2D eigenvalue weighted by Gasteiger charge is 2.10.